The standard InChI is InChI=1S/C34H36F3N9O3/c1-4-23-26(36)7-6-20-14-22(47)15-24(27(20)23)29-28(37)30-25(17-38-29)31(43(2)12-13-44(3)33(48)46-11-9-39-42-46)41-32(40-30)49-19-34-8-5-10-45(34)18-21(35)16-34/h6-7,9,11,14-15,17,21,47H,4-5,8,10,12-13,16,18-19H2,1-3H3/t21-,34+/m1/s1. The zero-order valence-electron chi connectivity index (χ0n) is 27.4. The van der Waals surface area contributed by atoms with E-state index in [1.807, 2.05) is 0 Å². The third kappa shape index (κ3) is 5.85. The Morgan fingerprint density at radius 3 is 2.80 bits per heavy atom. The number of fused-ring (bicyclic) bond motifs is 3. The molecule has 5 heterocycles. The van der Waals surface area contributed by atoms with E-state index in [9.17, 15) is 18.7 Å². The second-order valence-electron chi connectivity index (χ2n) is 12.8. The lowest BCUT2D eigenvalue weighted by Crippen LogP contribution is -2.43. The van der Waals surface area contributed by atoms with E-state index in [1.54, 1.807) is 25.9 Å². The predicted octanol–water partition coefficient (Wildman–Crippen LogP) is 4.97. The van der Waals surface area contributed by atoms with Crippen LogP contribution in [0.25, 0.3) is 32.9 Å². The summed E-state index contributed by atoms with van der Waals surface area (Å²) in [7, 11) is 3.36. The van der Waals surface area contributed by atoms with Crippen LogP contribution < -0.4 is 9.64 Å². The minimum absolute atomic E-state index is 0.0922. The lowest BCUT2D eigenvalue weighted by molar-refractivity contribution is 0.107. The topological polar surface area (TPSA) is 126 Å². The van der Waals surface area contributed by atoms with Crippen LogP contribution in [-0.4, -0.2) is 109 Å². The average Bonchev–Trinajstić information content (AvgIpc) is 3.83. The Balaban J connectivity index is 1.30. The van der Waals surface area contributed by atoms with Crippen molar-refractivity contribution in [2.24, 2.45) is 0 Å². The number of halogens is 3. The van der Waals surface area contributed by atoms with Crippen LogP contribution in [0.5, 0.6) is 11.8 Å². The number of phenolic OH excluding ortho intramolecular Hbond substituents is 1. The van der Waals surface area contributed by atoms with Crippen LogP contribution in [0.1, 0.15) is 31.7 Å². The number of alkyl halides is 1. The van der Waals surface area contributed by atoms with E-state index in [0.29, 0.717) is 41.5 Å². The van der Waals surface area contributed by atoms with Gasteiger partial charge in [0.2, 0.25) is 0 Å². The fourth-order valence-corrected chi connectivity index (χ4v) is 7.23. The van der Waals surface area contributed by atoms with Gasteiger partial charge in [0.25, 0.3) is 0 Å². The molecule has 49 heavy (non-hydrogen) atoms. The molecule has 256 valence electrons. The van der Waals surface area contributed by atoms with Gasteiger partial charge < -0.3 is 19.6 Å². The number of aromatic nitrogens is 6. The van der Waals surface area contributed by atoms with Gasteiger partial charge in [-0.25, -0.2) is 18.0 Å². The number of pyridine rings is 1. The fourth-order valence-electron chi connectivity index (χ4n) is 7.23. The first-order valence-electron chi connectivity index (χ1n) is 16.2. The molecule has 5 aromatic rings. The van der Waals surface area contributed by atoms with Crippen LogP contribution in [-0.2, 0) is 6.42 Å². The highest BCUT2D eigenvalue weighted by Crippen LogP contribution is 2.41. The summed E-state index contributed by atoms with van der Waals surface area (Å²) >= 11 is 0. The van der Waals surface area contributed by atoms with Crippen molar-refractivity contribution in [3.8, 4) is 23.0 Å². The molecule has 2 saturated heterocycles. The van der Waals surface area contributed by atoms with Gasteiger partial charge in [0.1, 0.15) is 41.4 Å². The summed E-state index contributed by atoms with van der Waals surface area (Å²) in [4.78, 5) is 31.7. The van der Waals surface area contributed by atoms with E-state index in [1.165, 1.54) is 47.8 Å². The Hall–Kier alpha value is -5.05. The van der Waals surface area contributed by atoms with Crippen LogP contribution >= 0.6 is 0 Å². The monoisotopic (exact) mass is 675 g/mol. The number of carbonyl (C=O) groups excluding carboxylic acids is 1. The van der Waals surface area contributed by atoms with Crippen LogP contribution in [0.3, 0.4) is 0 Å². The molecule has 2 fully saturated rings. The Morgan fingerprint density at radius 2 is 2.02 bits per heavy atom. The van der Waals surface area contributed by atoms with Crippen LogP contribution in [0.4, 0.5) is 23.8 Å². The molecule has 1 N–H and O–H groups in total. The van der Waals surface area contributed by atoms with Crippen molar-refractivity contribution in [3.05, 3.63) is 60.1 Å². The smallest absolute Gasteiger partial charge is 0.345 e. The molecule has 0 spiro atoms. The summed E-state index contributed by atoms with van der Waals surface area (Å²) in [6, 6.07) is 5.25. The molecule has 2 aliphatic rings. The molecule has 0 aliphatic carbocycles. The summed E-state index contributed by atoms with van der Waals surface area (Å²) < 4.78 is 53.6. The number of nitrogens with zero attached hydrogens (tertiary/aromatic N) is 9. The number of likely N-dealkylation sites (N-methyl/N-ethyl adjacent to an activating group) is 2. The number of carbonyl (C=O) groups is 1. The number of hydrogen-bond acceptors (Lipinski definition) is 10. The SMILES string of the molecule is CCc1c(F)ccc2cc(O)cc(-c3ncc4c(N(C)CCN(C)C(=O)n5ccnn5)nc(OC[C@@]56CCCN5C[C@H](F)C6)nc4c3F)c12. The first-order chi connectivity index (χ1) is 23.6. The molecule has 15 heteroatoms. The summed E-state index contributed by atoms with van der Waals surface area (Å²) in [6.45, 7) is 3.59. The second kappa shape index (κ2) is 12.8. The molecule has 2 atom stereocenters. The van der Waals surface area contributed by atoms with Crippen molar-refractivity contribution in [2.45, 2.75) is 44.3 Å². The quantitative estimate of drug-likeness (QED) is 0.229. The van der Waals surface area contributed by atoms with Crippen LogP contribution in [0, 0.1) is 11.6 Å². The van der Waals surface area contributed by atoms with Crippen molar-refractivity contribution in [1.82, 2.24) is 39.7 Å². The number of aryl methyl sites for hydroxylation is 1. The van der Waals surface area contributed by atoms with Crippen molar-refractivity contribution in [2.75, 3.05) is 51.8 Å². The molecule has 0 saturated carbocycles. The maximum atomic E-state index is 16.8. The van der Waals surface area contributed by atoms with Gasteiger partial charge >= 0.3 is 12.0 Å². The Labute approximate surface area is 280 Å². The molecule has 0 unspecified atom stereocenters. The molecule has 2 aromatic carbocycles. The molecular weight excluding hydrogens is 639 g/mol. The minimum atomic E-state index is -0.957. The maximum Gasteiger partial charge on any atom is 0.345 e. The first kappa shape index (κ1) is 32.5. The fraction of sp³-hybridized carbons (Fsp3) is 0.412. The van der Waals surface area contributed by atoms with Gasteiger partial charge in [-0.05, 0) is 60.3 Å². The first-order valence-corrected chi connectivity index (χ1v) is 16.2. The number of hydrogen-bond donors (Lipinski definition) is 1. The van der Waals surface area contributed by atoms with Crippen molar-refractivity contribution >= 4 is 33.5 Å². The minimum Gasteiger partial charge on any atom is -0.508 e. The van der Waals surface area contributed by atoms with Gasteiger partial charge in [-0.2, -0.15) is 14.6 Å². The Kier molecular flexibility index (Phi) is 8.47. The number of anilines is 1. The molecule has 12 nitrogen and oxygen atoms in total. The zero-order chi connectivity index (χ0) is 34.4. The maximum absolute atomic E-state index is 16.8. The van der Waals surface area contributed by atoms with Crippen LogP contribution in [0.15, 0.2) is 42.9 Å². The van der Waals surface area contributed by atoms with E-state index in [0.717, 1.165) is 24.1 Å². The zero-order valence-corrected chi connectivity index (χ0v) is 27.4. The molecule has 2 aliphatic heterocycles. The lowest BCUT2D eigenvalue weighted by atomic mass is 9.94. The number of aromatic hydroxyl groups is 1. The highest BCUT2D eigenvalue weighted by atomic mass is 19.1. The Morgan fingerprint density at radius 1 is 1.18 bits per heavy atom. The number of ether oxygens (including phenoxy) is 1. The average molecular weight is 676 g/mol. The number of rotatable bonds is 9. The number of amides is 1. The summed E-state index contributed by atoms with van der Waals surface area (Å²) in [5.41, 5.74) is -0.117. The second-order valence-corrected chi connectivity index (χ2v) is 12.8. The van der Waals surface area contributed by atoms with Gasteiger partial charge in [-0.3, -0.25) is 9.88 Å². The molecule has 0 radical (unpaired) electrons. The third-order valence-corrected chi connectivity index (χ3v) is 9.71. The predicted molar refractivity (Wildman–Crippen MR) is 176 cm³/mol. The number of benzene rings is 2. The van der Waals surface area contributed by atoms with Gasteiger partial charge in [0.15, 0.2) is 5.82 Å². The highest BCUT2D eigenvalue weighted by Gasteiger charge is 2.49. The number of phenols is 1. The molecule has 3 aromatic heterocycles. The van der Waals surface area contributed by atoms with Crippen molar-refractivity contribution in [3.63, 3.8) is 0 Å². The normalized spacial score (nSPS) is 19.1. The van der Waals surface area contributed by atoms with E-state index in [-0.39, 0.29) is 59.6 Å². The van der Waals surface area contributed by atoms with Crippen molar-refractivity contribution in [1.29, 1.82) is 0 Å². The van der Waals surface area contributed by atoms with E-state index < -0.39 is 23.3 Å². The van der Waals surface area contributed by atoms with Gasteiger partial charge in [-0.15, -0.1) is 5.10 Å². The van der Waals surface area contributed by atoms with E-state index in [4.69, 9.17) is 4.74 Å². The van der Waals surface area contributed by atoms with Gasteiger partial charge in [0.05, 0.1) is 23.3 Å². The van der Waals surface area contributed by atoms with Gasteiger partial charge in [0, 0.05) is 51.9 Å². The molecular formula is C34H36F3N9O3. The summed E-state index contributed by atoms with van der Waals surface area (Å²) in [5, 5.41) is 19.3. The van der Waals surface area contributed by atoms with E-state index >= 15 is 4.39 Å². The largest absolute Gasteiger partial charge is 0.508 e. The third-order valence-electron chi connectivity index (χ3n) is 9.71. The van der Waals surface area contributed by atoms with Crippen LogP contribution in [0.2, 0.25) is 0 Å². The highest BCUT2D eigenvalue weighted by molar-refractivity contribution is 6.01. The van der Waals surface area contributed by atoms with Crippen molar-refractivity contribution < 1.29 is 27.8 Å². The lowest BCUT2D eigenvalue weighted by Gasteiger charge is -2.31. The molecule has 0 bridgehead atoms. The molecule has 1 amide bonds. The van der Waals surface area contributed by atoms with E-state index in [2.05, 4.69) is 30.2 Å². The molecule has 7 rings (SSSR count). The Bertz CT molecular complexity index is 2050. The summed E-state index contributed by atoms with van der Waals surface area (Å²) in [6.07, 6.45) is 5.70. The van der Waals surface area contributed by atoms with Gasteiger partial charge in [-0.1, -0.05) is 18.2 Å². The summed E-state index contributed by atoms with van der Waals surface area (Å²) in [5.74, 6) is -1.07.